The van der Waals surface area contributed by atoms with E-state index in [1.54, 1.807) is 0 Å². The molecule has 5 unspecified atom stereocenters. The van der Waals surface area contributed by atoms with Gasteiger partial charge in [0.05, 0.1) is 0 Å². The molecular weight excluding hydrogens is 272 g/mol. The third kappa shape index (κ3) is 1.67. The lowest BCUT2D eigenvalue weighted by atomic mass is 9.47. The average molecular weight is 298 g/mol. The van der Waals surface area contributed by atoms with Crippen LogP contribution in [0, 0.1) is 28.6 Å². The highest BCUT2D eigenvalue weighted by molar-refractivity contribution is 5.92. The van der Waals surface area contributed by atoms with Gasteiger partial charge in [-0.3, -0.25) is 9.59 Å². The van der Waals surface area contributed by atoms with Crippen LogP contribution in [-0.2, 0) is 9.59 Å². The smallest absolute Gasteiger partial charge is 0.155 e. The van der Waals surface area contributed by atoms with Gasteiger partial charge in [0.25, 0.3) is 0 Å². The largest absolute Gasteiger partial charge is 0.299 e. The Morgan fingerprint density at radius 1 is 1.09 bits per heavy atom. The maximum absolute atomic E-state index is 12.4. The zero-order valence-electron chi connectivity index (χ0n) is 13.6. The molecule has 0 aromatic heterocycles. The first-order chi connectivity index (χ1) is 10.5. The predicted octanol–water partition coefficient (Wildman–Crippen LogP) is 4.25. The number of Topliss-reactive ketones (excluding diaryl/α,β-unsaturated/α-hetero) is 1. The van der Waals surface area contributed by atoms with Crippen molar-refractivity contribution in [3.8, 4) is 0 Å². The molecule has 2 nitrogen and oxygen atoms in total. The van der Waals surface area contributed by atoms with Crippen molar-refractivity contribution in [2.45, 2.75) is 58.3 Å². The van der Waals surface area contributed by atoms with Gasteiger partial charge in [0.2, 0.25) is 0 Å². The molecule has 0 aromatic rings. The molecule has 118 valence electrons. The number of carbonyl (C=O) groups is 2. The van der Waals surface area contributed by atoms with Gasteiger partial charge in [-0.2, -0.15) is 0 Å². The molecule has 0 N–H and O–H groups in total. The summed E-state index contributed by atoms with van der Waals surface area (Å²) in [6.07, 6.45) is 11.9. The van der Waals surface area contributed by atoms with Crippen molar-refractivity contribution < 1.29 is 9.59 Å². The monoisotopic (exact) mass is 298 g/mol. The van der Waals surface area contributed by atoms with Crippen molar-refractivity contribution in [2.75, 3.05) is 0 Å². The van der Waals surface area contributed by atoms with Crippen LogP contribution in [0.5, 0.6) is 0 Å². The predicted molar refractivity (Wildman–Crippen MR) is 86.2 cm³/mol. The molecule has 4 aliphatic rings. The van der Waals surface area contributed by atoms with Gasteiger partial charge in [0.1, 0.15) is 5.78 Å². The van der Waals surface area contributed by atoms with Crippen LogP contribution in [0.2, 0.25) is 0 Å². The number of rotatable bonds is 1. The van der Waals surface area contributed by atoms with Gasteiger partial charge in [0.15, 0.2) is 5.78 Å². The van der Waals surface area contributed by atoms with E-state index in [1.807, 2.05) is 6.08 Å². The molecule has 0 heterocycles. The Balaban J connectivity index is 1.74. The Morgan fingerprint density at radius 2 is 1.91 bits per heavy atom. The Hall–Kier alpha value is -1.18. The molecule has 3 fully saturated rings. The van der Waals surface area contributed by atoms with Crippen molar-refractivity contribution in [2.24, 2.45) is 28.6 Å². The summed E-state index contributed by atoms with van der Waals surface area (Å²) < 4.78 is 0. The van der Waals surface area contributed by atoms with Crippen LogP contribution >= 0.6 is 0 Å². The van der Waals surface area contributed by atoms with Crippen molar-refractivity contribution in [1.29, 1.82) is 0 Å². The Morgan fingerprint density at radius 3 is 2.68 bits per heavy atom. The molecule has 0 aliphatic heterocycles. The summed E-state index contributed by atoms with van der Waals surface area (Å²) in [5.41, 5.74) is 1.33. The molecule has 22 heavy (non-hydrogen) atoms. The molecule has 2 heteroatoms. The molecule has 0 radical (unpaired) electrons. The molecule has 3 saturated carbocycles. The number of carbonyl (C=O) groups excluding carboxylic acids is 2. The highest BCUT2D eigenvalue weighted by Crippen LogP contribution is 2.64. The standard InChI is InChI=1S/C20H26O2/c1-3-20-11-8-14(21)12-13(20)4-5-15-16-6-7-18(22)19(16,2)10-9-17(15)20/h3,12,15-17H,1,4-11H2,2H3. The Bertz CT molecular complexity index is 587. The molecule has 0 bridgehead atoms. The number of ketones is 2. The van der Waals surface area contributed by atoms with E-state index in [4.69, 9.17) is 0 Å². The number of fused-ring (bicyclic) bond motifs is 5. The van der Waals surface area contributed by atoms with Crippen LogP contribution in [0.15, 0.2) is 24.3 Å². The fraction of sp³-hybridized carbons (Fsp3) is 0.700. The first-order valence-corrected chi connectivity index (χ1v) is 8.92. The van der Waals surface area contributed by atoms with Crippen LogP contribution in [0.1, 0.15) is 58.3 Å². The molecular formula is C20H26O2. The summed E-state index contributed by atoms with van der Waals surface area (Å²) in [4.78, 5) is 24.3. The topological polar surface area (TPSA) is 34.1 Å². The highest BCUT2D eigenvalue weighted by Gasteiger charge is 2.59. The lowest BCUT2D eigenvalue weighted by molar-refractivity contribution is -0.132. The van der Waals surface area contributed by atoms with Crippen LogP contribution in [0.25, 0.3) is 0 Å². The SMILES string of the molecule is C=CC12CCC(=O)C=C1CCC1C3CCC(=O)C3(C)CCC12. The molecule has 5 atom stereocenters. The van der Waals surface area contributed by atoms with E-state index in [-0.39, 0.29) is 10.8 Å². The minimum atomic E-state index is -0.0603. The lowest BCUT2D eigenvalue weighted by Crippen LogP contribution is -2.50. The maximum atomic E-state index is 12.4. The third-order valence-corrected chi connectivity index (χ3v) is 7.64. The summed E-state index contributed by atoms with van der Waals surface area (Å²) in [5.74, 6) is 2.61. The zero-order valence-corrected chi connectivity index (χ0v) is 13.6. The Labute approximate surface area is 133 Å². The highest BCUT2D eigenvalue weighted by atomic mass is 16.1. The van der Waals surface area contributed by atoms with Crippen molar-refractivity contribution in [3.05, 3.63) is 24.3 Å². The third-order valence-electron chi connectivity index (χ3n) is 7.64. The summed E-state index contributed by atoms with van der Waals surface area (Å²) in [7, 11) is 0. The van der Waals surface area contributed by atoms with Gasteiger partial charge in [-0.1, -0.05) is 18.6 Å². The average Bonchev–Trinajstić information content (AvgIpc) is 2.82. The first-order valence-electron chi connectivity index (χ1n) is 8.92. The van der Waals surface area contributed by atoms with E-state index in [2.05, 4.69) is 19.6 Å². The van der Waals surface area contributed by atoms with E-state index >= 15 is 0 Å². The molecule has 0 amide bonds. The summed E-state index contributed by atoms with van der Waals surface area (Å²) in [6, 6.07) is 0. The fourth-order valence-electron chi connectivity index (χ4n) is 6.43. The van der Waals surface area contributed by atoms with Crippen LogP contribution < -0.4 is 0 Å². The van der Waals surface area contributed by atoms with Gasteiger partial charge in [0, 0.05) is 23.7 Å². The molecule has 4 rings (SSSR count). The molecule has 0 spiro atoms. The van der Waals surface area contributed by atoms with Crippen molar-refractivity contribution >= 4 is 11.6 Å². The van der Waals surface area contributed by atoms with E-state index < -0.39 is 0 Å². The first kappa shape index (κ1) is 14.4. The zero-order chi connectivity index (χ0) is 15.5. The van der Waals surface area contributed by atoms with Crippen LogP contribution in [-0.4, -0.2) is 11.6 Å². The summed E-state index contributed by atoms with van der Waals surface area (Å²) in [5, 5.41) is 0. The lowest BCUT2D eigenvalue weighted by Gasteiger charge is -2.57. The second kappa shape index (κ2) is 4.66. The van der Waals surface area contributed by atoms with Crippen molar-refractivity contribution in [3.63, 3.8) is 0 Å². The minimum Gasteiger partial charge on any atom is -0.299 e. The second-order valence-corrected chi connectivity index (χ2v) is 8.21. The molecule has 0 aromatic carbocycles. The minimum absolute atomic E-state index is 0.0454. The molecule has 0 saturated heterocycles. The quantitative estimate of drug-likeness (QED) is 0.678. The number of allylic oxidation sites excluding steroid dienone is 2. The van der Waals surface area contributed by atoms with Crippen LogP contribution in [0.3, 0.4) is 0 Å². The van der Waals surface area contributed by atoms with Crippen molar-refractivity contribution in [1.82, 2.24) is 0 Å². The molecule has 4 aliphatic carbocycles. The van der Waals surface area contributed by atoms with E-state index in [1.165, 1.54) is 5.57 Å². The van der Waals surface area contributed by atoms with Gasteiger partial charge in [-0.25, -0.2) is 0 Å². The summed E-state index contributed by atoms with van der Waals surface area (Å²) in [6.45, 7) is 6.40. The van der Waals surface area contributed by atoms with E-state index in [9.17, 15) is 9.59 Å². The van der Waals surface area contributed by atoms with Crippen LogP contribution in [0.4, 0.5) is 0 Å². The second-order valence-electron chi connectivity index (χ2n) is 8.21. The van der Waals surface area contributed by atoms with Gasteiger partial charge >= 0.3 is 0 Å². The maximum Gasteiger partial charge on any atom is 0.155 e. The van der Waals surface area contributed by atoms with E-state index in [0.717, 1.165) is 44.9 Å². The van der Waals surface area contributed by atoms with Gasteiger partial charge < -0.3 is 0 Å². The van der Waals surface area contributed by atoms with E-state index in [0.29, 0.717) is 35.7 Å². The fourth-order valence-corrected chi connectivity index (χ4v) is 6.43. The number of hydrogen-bond acceptors (Lipinski definition) is 2. The van der Waals surface area contributed by atoms with Gasteiger partial charge in [-0.15, -0.1) is 6.58 Å². The summed E-state index contributed by atoms with van der Waals surface area (Å²) >= 11 is 0. The normalized spacial score (nSPS) is 47.3. The van der Waals surface area contributed by atoms with Gasteiger partial charge in [-0.05, 0) is 62.4 Å². The number of hydrogen-bond donors (Lipinski definition) is 0. The Kier molecular flexibility index (Phi) is 3.05.